The number of pyridine rings is 1. The molecule has 1 aliphatic rings. The van der Waals surface area contributed by atoms with Gasteiger partial charge in [-0.1, -0.05) is 0 Å². The molecular formula is C13H19N3O2S. The van der Waals surface area contributed by atoms with E-state index in [0.717, 1.165) is 6.54 Å². The average Bonchev–Trinajstić information content (AvgIpc) is 2.46. The molecule has 0 unspecified atom stereocenters. The van der Waals surface area contributed by atoms with Gasteiger partial charge in [0.2, 0.25) is 0 Å². The van der Waals surface area contributed by atoms with Crippen LogP contribution < -0.4 is 11.1 Å². The van der Waals surface area contributed by atoms with Crippen molar-refractivity contribution in [3.63, 3.8) is 0 Å². The maximum atomic E-state index is 11.5. The second-order valence-electron chi connectivity index (χ2n) is 4.55. The highest BCUT2D eigenvalue weighted by atomic mass is 32.2. The van der Waals surface area contributed by atoms with Gasteiger partial charge in [0, 0.05) is 12.7 Å². The van der Waals surface area contributed by atoms with Crippen molar-refractivity contribution in [3.05, 3.63) is 17.8 Å². The normalized spacial score (nSPS) is 16.1. The summed E-state index contributed by atoms with van der Waals surface area (Å²) in [7, 11) is 1.34. The zero-order valence-corrected chi connectivity index (χ0v) is 11.8. The van der Waals surface area contributed by atoms with Gasteiger partial charge in [-0.3, -0.25) is 0 Å². The maximum Gasteiger partial charge on any atom is 0.340 e. The number of methoxy groups -OCH3 is 1. The van der Waals surface area contributed by atoms with Gasteiger partial charge in [0.25, 0.3) is 0 Å². The molecule has 0 bridgehead atoms. The summed E-state index contributed by atoms with van der Waals surface area (Å²) >= 11 is 2.00. The average molecular weight is 281 g/mol. The fourth-order valence-electron chi connectivity index (χ4n) is 2.09. The standard InChI is InChI=1S/C13H19N3O2S/c1-18-13(17)10-2-5-15-12(11(10)14)16-8-9-3-6-19-7-4-9/h2,5,9H,3-4,6-8,14H2,1H3,(H,15,16). The molecule has 3 N–H and O–H groups in total. The maximum absolute atomic E-state index is 11.5. The van der Waals surface area contributed by atoms with Crippen molar-refractivity contribution in [2.45, 2.75) is 12.8 Å². The van der Waals surface area contributed by atoms with Crippen LogP contribution in [0.15, 0.2) is 12.3 Å². The first kappa shape index (κ1) is 14.0. The zero-order chi connectivity index (χ0) is 13.7. The van der Waals surface area contributed by atoms with Crippen molar-refractivity contribution in [1.82, 2.24) is 4.98 Å². The molecule has 1 aliphatic heterocycles. The van der Waals surface area contributed by atoms with Crippen molar-refractivity contribution in [1.29, 1.82) is 0 Å². The minimum Gasteiger partial charge on any atom is -0.465 e. The number of carbonyl (C=O) groups excluding carboxylic acids is 1. The zero-order valence-electron chi connectivity index (χ0n) is 11.0. The summed E-state index contributed by atoms with van der Waals surface area (Å²) in [6, 6.07) is 1.57. The van der Waals surface area contributed by atoms with Crippen LogP contribution >= 0.6 is 11.8 Å². The van der Waals surface area contributed by atoms with Crippen molar-refractivity contribution in [2.24, 2.45) is 5.92 Å². The number of carbonyl (C=O) groups is 1. The molecule has 1 saturated heterocycles. The van der Waals surface area contributed by atoms with Crippen molar-refractivity contribution in [2.75, 3.05) is 36.2 Å². The second kappa shape index (κ2) is 6.65. The minimum atomic E-state index is -0.433. The SMILES string of the molecule is COC(=O)c1ccnc(NCC2CCSCC2)c1N. The molecule has 6 heteroatoms. The van der Waals surface area contributed by atoms with Crippen molar-refractivity contribution < 1.29 is 9.53 Å². The van der Waals surface area contributed by atoms with Gasteiger partial charge in [0.05, 0.1) is 18.4 Å². The Bertz CT molecular complexity index is 448. The van der Waals surface area contributed by atoms with E-state index in [4.69, 9.17) is 5.73 Å². The predicted octanol–water partition coefficient (Wildman–Crippen LogP) is 2.01. The highest BCUT2D eigenvalue weighted by Gasteiger charge is 2.16. The van der Waals surface area contributed by atoms with E-state index in [0.29, 0.717) is 23.0 Å². The Morgan fingerprint density at radius 3 is 3.00 bits per heavy atom. The Morgan fingerprint density at radius 1 is 1.58 bits per heavy atom. The van der Waals surface area contributed by atoms with Crippen molar-refractivity contribution in [3.8, 4) is 0 Å². The molecule has 5 nitrogen and oxygen atoms in total. The van der Waals surface area contributed by atoms with Crippen LogP contribution in [0.1, 0.15) is 23.2 Å². The van der Waals surface area contributed by atoms with E-state index in [-0.39, 0.29) is 0 Å². The molecular weight excluding hydrogens is 262 g/mol. The van der Waals surface area contributed by atoms with Crippen LogP contribution in [0, 0.1) is 5.92 Å². The van der Waals surface area contributed by atoms with Crippen LogP contribution in [-0.2, 0) is 4.74 Å². The number of nitrogens with zero attached hydrogens (tertiary/aromatic N) is 1. The molecule has 0 aromatic carbocycles. The fraction of sp³-hybridized carbons (Fsp3) is 0.538. The van der Waals surface area contributed by atoms with E-state index in [2.05, 4.69) is 15.0 Å². The van der Waals surface area contributed by atoms with Crippen LogP contribution in [-0.4, -0.2) is 36.1 Å². The molecule has 1 aromatic heterocycles. The van der Waals surface area contributed by atoms with E-state index in [1.165, 1.54) is 31.5 Å². The number of nitrogen functional groups attached to an aromatic ring is 1. The summed E-state index contributed by atoms with van der Waals surface area (Å²) < 4.78 is 4.69. The molecule has 104 valence electrons. The Kier molecular flexibility index (Phi) is 4.90. The lowest BCUT2D eigenvalue weighted by molar-refractivity contribution is 0.0602. The molecule has 0 atom stereocenters. The third kappa shape index (κ3) is 3.53. The number of nitrogens with two attached hydrogens (primary N) is 1. The molecule has 2 heterocycles. The summed E-state index contributed by atoms with van der Waals surface area (Å²) in [5, 5.41) is 3.25. The first-order valence-electron chi connectivity index (χ1n) is 6.36. The topological polar surface area (TPSA) is 77.2 Å². The second-order valence-corrected chi connectivity index (χ2v) is 5.77. The predicted molar refractivity (Wildman–Crippen MR) is 78.5 cm³/mol. The number of rotatable bonds is 4. The first-order valence-corrected chi connectivity index (χ1v) is 7.52. The molecule has 19 heavy (non-hydrogen) atoms. The number of nitrogens with one attached hydrogen (secondary N) is 1. The highest BCUT2D eigenvalue weighted by Crippen LogP contribution is 2.25. The van der Waals surface area contributed by atoms with E-state index in [9.17, 15) is 4.79 Å². The van der Waals surface area contributed by atoms with Gasteiger partial charge in [-0.05, 0) is 36.3 Å². The van der Waals surface area contributed by atoms with E-state index in [1.54, 1.807) is 12.3 Å². The Balaban J connectivity index is 2.01. The molecule has 0 amide bonds. The van der Waals surface area contributed by atoms with E-state index < -0.39 is 5.97 Å². The molecule has 0 saturated carbocycles. The number of hydrogen-bond acceptors (Lipinski definition) is 6. The van der Waals surface area contributed by atoms with Gasteiger partial charge in [0.15, 0.2) is 0 Å². The van der Waals surface area contributed by atoms with Crippen molar-refractivity contribution >= 4 is 29.2 Å². The van der Waals surface area contributed by atoms with Crippen LogP contribution in [0.25, 0.3) is 0 Å². The fourth-order valence-corrected chi connectivity index (χ4v) is 3.30. The molecule has 0 spiro atoms. The summed E-state index contributed by atoms with van der Waals surface area (Å²) in [5.41, 5.74) is 6.67. The Labute approximate surface area is 117 Å². The Hall–Kier alpha value is -1.43. The summed E-state index contributed by atoms with van der Waals surface area (Å²) in [4.78, 5) is 15.7. The number of anilines is 2. The van der Waals surface area contributed by atoms with Crippen LogP contribution in [0.4, 0.5) is 11.5 Å². The van der Waals surface area contributed by atoms with Gasteiger partial charge in [0.1, 0.15) is 5.82 Å². The number of aromatic nitrogens is 1. The van der Waals surface area contributed by atoms with Crippen LogP contribution in [0.2, 0.25) is 0 Å². The lowest BCUT2D eigenvalue weighted by Crippen LogP contribution is -2.20. The third-order valence-electron chi connectivity index (χ3n) is 3.29. The highest BCUT2D eigenvalue weighted by molar-refractivity contribution is 7.99. The Morgan fingerprint density at radius 2 is 2.32 bits per heavy atom. The van der Waals surface area contributed by atoms with Crippen LogP contribution in [0.5, 0.6) is 0 Å². The van der Waals surface area contributed by atoms with Gasteiger partial charge in [-0.15, -0.1) is 0 Å². The van der Waals surface area contributed by atoms with E-state index >= 15 is 0 Å². The summed E-state index contributed by atoms with van der Waals surface area (Å²) in [6.07, 6.45) is 4.00. The number of hydrogen-bond donors (Lipinski definition) is 2. The van der Waals surface area contributed by atoms with Crippen LogP contribution in [0.3, 0.4) is 0 Å². The lowest BCUT2D eigenvalue weighted by atomic mass is 10.0. The minimum absolute atomic E-state index is 0.360. The van der Waals surface area contributed by atoms with Gasteiger partial charge >= 0.3 is 5.97 Å². The molecule has 2 rings (SSSR count). The molecule has 0 aliphatic carbocycles. The van der Waals surface area contributed by atoms with E-state index in [1.807, 2.05) is 11.8 Å². The third-order valence-corrected chi connectivity index (χ3v) is 4.34. The molecule has 1 aromatic rings. The number of thioether (sulfide) groups is 1. The summed E-state index contributed by atoms with van der Waals surface area (Å²) in [6.45, 7) is 0.850. The number of esters is 1. The van der Waals surface area contributed by atoms with Gasteiger partial charge < -0.3 is 15.8 Å². The monoisotopic (exact) mass is 281 g/mol. The largest absolute Gasteiger partial charge is 0.465 e. The van der Waals surface area contributed by atoms with Gasteiger partial charge in [-0.2, -0.15) is 11.8 Å². The molecule has 1 fully saturated rings. The molecule has 0 radical (unpaired) electrons. The first-order chi connectivity index (χ1) is 9.22. The van der Waals surface area contributed by atoms with Gasteiger partial charge in [-0.25, -0.2) is 9.78 Å². The quantitative estimate of drug-likeness (QED) is 0.822. The number of ether oxygens (including phenoxy) is 1. The summed E-state index contributed by atoms with van der Waals surface area (Å²) in [5.74, 6) is 3.23. The lowest BCUT2D eigenvalue weighted by Gasteiger charge is -2.22. The smallest absolute Gasteiger partial charge is 0.340 e.